The molecule has 1 aliphatic heterocycles. The average Bonchev–Trinajstić information content (AvgIpc) is 2.33. The maximum Gasteiger partial charge on any atom is 0.0414 e. The van der Waals surface area contributed by atoms with Crippen LogP contribution in [0.25, 0.3) is 0 Å². The van der Waals surface area contributed by atoms with Gasteiger partial charge >= 0.3 is 0 Å². The van der Waals surface area contributed by atoms with E-state index in [9.17, 15) is 0 Å². The second kappa shape index (κ2) is 5.17. The summed E-state index contributed by atoms with van der Waals surface area (Å²) in [6, 6.07) is 11.4. The van der Waals surface area contributed by atoms with Crippen molar-refractivity contribution in [1.29, 1.82) is 0 Å². The maximum absolute atomic E-state index is 3.48. The molecule has 82 valence electrons. The average molecular weight is 204 g/mol. The van der Waals surface area contributed by atoms with Gasteiger partial charge in [0.05, 0.1) is 0 Å². The molecule has 2 rings (SSSR count). The van der Waals surface area contributed by atoms with E-state index in [1.807, 2.05) is 0 Å². The Balaban J connectivity index is 2.09. The predicted octanol–water partition coefficient (Wildman–Crippen LogP) is 2.26. The lowest BCUT2D eigenvalue weighted by molar-refractivity contribution is 0.435. The molecule has 1 saturated heterocycles. The smallest absolute Gasteiger partial charge is 0.0414 e. The van der Waals surface area contributed by atoms with Gasteiger partial charge in [0.1, 0.15) is 0 Å². The summed E-state index contributed by atoms with van der Waals surface area (Å²) in [6.45, 7) is 5.64. The van der Waals surface area contributed by atoms with Crippen molar-refractivity contribution in [3.8, 4) is 0 Å². The van der Waals surface area contributed by atoms with Crippen molar-refractivity contribution in [3.63, 3.8) is 0 Å². The predicted molar refractivity (Wildman–Crippen MR) is 65.4 cm³/mol. The van der Waals surface area contributed by atoms with Crippen LogP contribution < -0.4 is 10.2 Å². The third kappa shape index (κ3) is 2.51. The van der Waals surface area contributed by atoms with E-state index >= 15 is 0 Å². The summed E-state index contributed by atoms with van der Waals surface area (Å²) >= 11 is 0. The first-order valence-electron chi connectivity index (χ1n) is 5.94. The Morgan fingerprint density at radius 1 is 1.33 bits per heavy atom. The molecule has 0 radical (unpaired) electrons. The van der Waals surface area contributed by atoms with Gasteiger partial charge in [-0.25, -0.2) is 0 Å². The van der Waals surface area contributed by atoms with Gasteiger partial charge in [-0.15, -0.1) is 0 Å². The minimum absolute atomic E-state index is 0.672. The Morgan fingerprint density at radius 3 is 2.73 bits per heavy atom. The van der Waals surface area contributed by atoms with Gasteiger partial charge in [-0.3, -0.25) is 0 Å². The second-order valence-electron chi connectivity index (χ2n) is 4.12. The molecule has 0 aromatic heterocycles. The van der Waals surface area contributed by atoms with Crippen molar-refractivity contribution in [2.45, 2.75) is 25.8 Å². The Bertz CT molecular complexity index is 278. The van der Waals surface area contributed by atoms with E-state index in [2.05, 4.69) is 47.5 Å². The van der Waals surface area contributed by atoms with Gasteiger partial charge in [-0.2, -0.15) is 0 Å². The van der Waals surface area contributed by atoms with Crippen molar-refractivity contribution in [3.05, 3.63) is 30.3 Å². The van der Waals surface area contributed by atoms with Gasteiger partial charge in [0.25, 0.3) is 0 Å². The highest BCUT2D eigenvalue weighted by Gasteiger charge is 2.19. The maximum atomic E-state index is 3.48. The Hall–Kier alpha value is -1.02. The van der Waals surface area contributed by atoms with Crippen molar-refractivity contribution >= 4 is 5.69 Å². The fraction of sp³-hybridized carbons (Fsp3) is 0.538. The zero-order chi connectivity index (χ0) is 10.5. The van der Waals surface area contributed by atoms with E-state index in [0.717, 1.165) is 13.1 Å². The Labute approximate surface area is 92.3 Å². The number of piperidine rings is 1. The summed E-state index contributed by atoms with van der Waals surface area (Å²) in [5.74, 6) is 0. The monoisotopic (exact) mass is 204 g/mol. The van der Waals surface area contributed by atoms with Crippen molar-refractivity contribution in [1.82, 2.24) is 5.32 Å². The molecular formula is C13H20N2. The van der Waals surface area contributed by atoms with Gasteiger partial charge in [0, 0.05) is 24.8 Å². The summed E-state index contributed by atoms with van der Waals surface area (Å²) in [5.41, 5.74) is 1.36. The van der Waals surface area contributed by atoms with Crippen LogP contribution in [0.3, 0.4) is 0 Å². The van der Waals surface area contributed by atoms with Crippen LogP contribution in [-0.4, -0.2) is 25.7 Å². The lowest BCUT2D eigenvalue weighted by Gasteiger charge is -2.35. The Kier molecular flexibility index (Phi) is 3.62. The van der Waals surface area contributed by atoms with E-state index < -0.39 is 0 Å². The normalized spacial score (nSPS) is 21.3. The SMILES string of the molecule is CCN(c1ccccc1)C1CCCNC1. The molecular weight excluding hydrogens is 184 g/mol. The zero-order valence-corrected chi connectivity index (χ0v) is 9.45. The highest BCUT2D eigenvalue weighted by Crippen LogP contribution is 2.19. The highest BCUT2D eigenvalue weighted by molar-refractivity contribution is 5.47. The third-order valence-electron chi connectivity index (χ3n) is 3.14. The zero-order valence-electron chi connectivity index (χ0n) is 9.45. The largest absolute Gasteiger partial charge is 0.368 e. The summed E-state index contributed by atoms with van der Waals surface area (Å²) in [5, 5.41) is 3.48. The van der Waals surface area contributed by atoms with Gasteiger partial charge in [-0.1, -0.05) is 18.2 Å². The van der Waals surface area contributed by atoms with Crippen LogP contribution in [0, 0.1) is 0 Å². The molecule has 1 unspecified atom stereocenters. The van der Waals surface area contributed by atoms with Crippen molar-refractivity contribution < 1.29 is 0 Å². The van der Waals surface area contributed by atoms with Crippen LogP contribution in [0.1, 0.15) is 19.8 Å². The fourth-order valence-corrected chi connectivity index (χ4v) is 2.37. The summed E-state index contributed by atoms with van der Waals surface area (Å²) in [6.07, 6.45) is 2.61. The molecule has 1 fully saturated rings. The van der Waals surface area contributed by atoms with Crippen LogP contribution in [0.2, 0.25) is 0 Å². The van der Waals surface area contributed by atoms with E-state index in [0.29, 0.717) is 6.04 Å². The number of nitrogens with zero attached hydrogens (tertiary/aromatic N) is 1. The number of hydrogen-bond acceptors (Lipinski definition) is 2. The number of likely N-dealkylation sites (N-methyl/N-ethyl adjacent to an activating group) is 1. The molecule has 1 N–H and O–H groups in total. The minimum Gasteiger partial charge on any atom is -0.368 e. The molecule has 1 heterocycles. The molecule has 2 heteroatoms. The molecule has 2 nitrogen and oxygen atoms in total. The van der Waals surface area contributed by atoms with Gasteiger partial charge in [0.2, 0.25) is 0 Å². The molecule has 1 aromatic carbocycles. The fourth-order valence-electron chi connectivity index (χ4n) is 2.37. The lowest BCUT2D eigenvalue weighted by atomic mass is 10.1. The molecule has 0 spiro atoms. The standard InChI is InChI=1S/C13H20N2/c1-2-15(12-7-4-3-5-8-12)13-9-6-10-14-11-13/h3-5,7-8,13-14H,2,6,9-11H2,1H3. The highest BCUT2D eigenvalue weighted by atomic mass is 15.2. The number of nitrogens with one attached hydrogen (secondary N) is 1. The van der Waals surface area contributed by atoms with E-state index in [4.69, 9.17) is 0 Å². The minimum atomic E-state index is 0.672. The topological polar surface area (TPSA) is 15.3 Å². The number of anilines is 1. The van der Waals surface area contributed by atoms with Crippen LogP contribution >= 0.6 is 0 Å². The first-order chi connectivity index (χ1) is 7.42. The van der Waals surface area contributed by atoms with E-state index in [-0.39, 0.29) is 0 Å². The molecule has 0 bridgehead atoms. The molecule has 1 atom stereocenters. The number of benzene rings is 1. The summed E-state index contributed by atoms with van der Waals surface area (Å²) < 4.78 is 0. The number of hydrogen-bond donors (Lipinski definition) is 1. The molecule has 0 aliphatic carbocycles. The first-order valence-corrected chi connectivity index (χ1v) is 5.94. The van der Waals surface area contributed by atoms with Gasteiger partial charge < -0.3 is 10.2 Å². The molecule has 1 aliphatic rings. The van der Waals surface area contributed by atoms with Crippen LogP contribution in [0.5, 0.6) is 0 Å². The molecule has 0 saturated carbocycles. The lowest BCUT2D eigenvalue weighted by Crippen LogP contribution is -2.46. The van der Waals surface area contributed by atoms with Crippen LogP contribution in [0.15, 0.2) is 30.3 Å². The van der Waals surface area contributed by atoms with Crippen LogP contribution in [-0.2, 0) is 0 Å². The molecule has 1 aromatic rings. The van der Waals surface area contributed by atoms with Gasteiger partial charge in [-0.05, 0) is 38.4 Å². The van der Waals surface area contributed by atoms with Crippen molar-refractivity contribution in [2.75, 3.05) is 24.5 Å². The van der Waals surface area contributed by atoms with Crippen LogP contribution in [0.4, 0.5) is 5.69 Å². The van der Waals surface area contributed by atoms with E-state index in [1.54, 1.807) is 0 Å². The number of para-hydroxylation sites is 1. The summed E-state index contributed by atoms with van der Waals surface area (Å²) in [4.78, 5) is 2.51. The number of rotatable bonds is 3. The van der Waals surface area contributed by atoms with Gasteiger partial charge in [0.15, 0.2) is 0 Å². The Morgan fingerprint density at radius 2 is 2.13 bits per heavy atom. The van der Waals surface area contributed by atoms with Crippen molar-refractivity contribution in [2.24, 2.45) is 0 Å². The first kappa shape index (κ1) is 10.5. The summed E-state index contributed by atoms with van der Waals surface area (Å²) in [7, 11) is 0. The molecule has 15 heavy (non-hydrogen) atoms. The molecule has 0 amide bonds. The second-order valence-corrected chi connectivity index (χ2v) is 4.12. The van der Waals surface area contributed by atoms with E-state index in [1.165, 1.54) is 25.1 Å². The third-order valence-corrected chi connectivity index (χ3v) is 3.14. The quantitative estimate of drug-likeness (QED) is 0.812.